The van der Waals surface area contributed by atoms with Crippen LogP contribution in [0.5, 0.6) is 0 Å². The molecule has 200 valence electrons. The van der Waals surface area contributed by atoms with Crippen LogP contribution in [0.15, 0.2) is 66.9 Å². The van der Waals surface area contributed by atoms with Gasteiger partial charge in [0.2, 0.25) is 0 Å². The van der Waals surface area contributed by atoms with Gasteiger partial charge in [0.1, 0.15) is 10.8 Å². The number of nitrogens with one attached hydrogen (secondary N) is 1. The fourth-order valence-corrected chi connectivity index (χ4v) is 6.81. The number of pyridine rings is 1. The first-order valence-electron chi connectivity index (χ1n) is 14.0. The van der Waals surface area contributed by atoms with Gasteiger partial charge in [0, 0.05) is 25.8 Å². The number of aromatic nitrogens is 4. The molecule has 0 saturated heterocycles. The zero-order valence-corrected chi connectivity index (χ0v) is 23.8. The predicted molar refractivity (Wildman–Crippen MR) is 160 cm³/mol. The van der Waals surface area contributed by atoms with E-state index in [0.717, 1.165) is 66.6 Å². The number of anilines is 1. The van der Waals surface area contributed by atoms with Gasteiger partial charge >= 0.3 is 0 Å². The lowest BCUT2D eigenvalue weighted by Gasteiger charge is -2.34. The summed E-state index contributed by atoms with van der Waals surface area (Å²) in [6, 6.07) is 22.0. The maximum Gasteiger partial charge on any atom is 0.121 e. The van der Waals surface area contributed by atoms with Gasteiger partial charge in [-0.05, 0) is 74.9 Å². The van der Waals surface area contributed by atoms with Gasteiger partial charge in [0.15, 0.2) is 0 Å². The average Bonchev–Trinajstić information content (AvgIpc) is 3.53. The first-order chi connectivity index (χ1) is 19.1. The van der Waals surface area contributed by atoms with Crippen LogP contribution in [0.2, 0.25) is 0 Å². The van der Waals surface area contributed by atoms with Crippen LogP contribution in [-0.2, 0) is 26.1 Å². The highest BCUT2D eigenvalue weighted by Crippen LogP contribution is 2.35. The highest BCUT2D eigenvalue weighted by Gasteiger charge is 2.28. The molecule has 0 saturated carbocycles. The molecule has 3 aromatic heterocycles. The Kier molecular flexibility index (Phi) is 7.44. The van der Waals surface area contributed by atoms with Gasteiger partial charge in [0.05, 0.1) is 40.0 Å². The second-order valence-corrected chi connectivity index (χ2v) is 11.7. The molecular weight excluding hydrogens is 500 g/mol. The summed E-state index contributed by atoms with van der Waals surface area (Å²) < 4.78 is 0. The summed E-state index contributed by atoms with van der Waals surface area (Å²) in [6.07, 6.45) is 5.35. The summed E-state index contributed by atoms with van der Waals surface area (Å²) in [5, 5.41) is 2.40. The number of thiazole rings is 1. The Labute approximate surface area is 234 Å². The van der Waals surface area contributed by atoms with Gasteiger partial charge in [-0.2, -0.15) is 0 Å². The molecule has 0 radical (unpaired) electrons. The zero-order chi connectivity index (χ0) is 26.8. The minimum absolute atomic E-state index is 0.274. The number of fused-ring (bicyclic) bond motifs is 2. The number of H-pyrrole nitrogens is 1. The van der Waals surface area contributed by atoms with E-state index in [0.29, 0.717) is 0 Å². The van der Waals surface area contributed by atoms with Crippen LogP contribution in [0.3, 0.4) is 0 Å². The monoisotopic (exact) mass is 536 g/mol. The van der Waals surface area contributed by atoms with Gasteiger partial charge in [0.25, 0.3) is 0 Å². The normalized spacial score (nSPS) is 15.1. The average molecular weight is 537 g/mol. The predicted octanol–water partition coefficient (Wildman–Crippen LogP) is 7.14. The third kappa shape index (κ3) is 5.60. The Morgan fingerprint density at radius 2 is 1.72 bits per heavy atom. The Hall–Kier alpha value is -3.55. The van der Waals surface area contributed by atoms with E-state index in [2.05, 4.69) is 95.1 Å². The minimum atomic E-state index is 0.274. The molecule has 1 aliphatic rings. The first kappa shape index (κ1) is 25.7. The van der Waals surface area contributed by atoms with E-state index in [-0.39, 0.29) is 6.04 Å². The number of benzene rings is 2. The van der Waals surface area contributed by atoms with Gasteiger partial charge in [-0.15, -0.1) is 11.3 Å². The number of aryl methyl sites for hydroxylation is 3. The molecular formula is C32H36N6S. The van der Waals surface area contributed by atoms with Crippen LogP contribution in [0.4, 0.5) is 5.00 Å². The Balaban J connectivity index is 1.24. The maximum absolute atomic E-state index is 4.91. The number of imidazole rings is 1. The van der Waals surface area contributed by atoms with Crippen LogP contribution >= 0.6 is 11.3 Å². The lowest BCUT2D eigenvalue weighted by Crippen LogP contribution is -2.31. The van der Waals surface area contributed by atoms with Crippen LogP contribution in [-0.4, -0.2) is 31.4 Å². The van der Waals surface area contributed by atoms with E-state index in [1.165, 1.54) is 33.8 Å². The zero-order valence-electron chi connectivity index (χ0n) is 23.0. The molecule has 5 aromatic rings. The van der Waals surface area contributed by atoms with Crippen molar-refractivity contribution >= 4 is 27.4 Å². The molecule has 1 aliphatic carbocycles. The Morgan fingerprint density at radius 1 is 0.923 bits per heavy atom. The molecule has 1 N–H and O–H groups in total. The van der Waals surface area contributed by atoms with Crippen molar-refractivity contribution in [1.82, 2.24) is 24.8 Å². The van der Waals surface area contributed by atoms with Crippen molar-refractivity contribution < 1.29 is 0 Å². The number of nitrogens with zero attached hydrogens (tertiary/aromatic N) is 5. The lowest BCUT2D eigenvalue weighted by molar-refractivity contribution is 0.153. The molecule has 2 aromatic carbocycles. The summed E-state index contributed by atoms with van der Waals surface area (Å²) in [5.74, 6) is 1.00. The van der Waals surface area contributed by atoms with Crippen molar-refractivity contribution in [3.8, 4) is 0 Å². The number of rotatable bonds is 9. The van der Waals surface area contributed by atoms with Crippen LogP contribution in [0, 0.1) is 13.8 Å². The van der Waals surface area contributed by atoms with E-state index >= 15 is 0 Å². The third-order valence-electron chi connectivity index (χ3n) is 7.73. The quantitative estimate of drug-likeness (QED) is 0.217. The first-order valence-corrected chi connectivity index (χ1v) is 14.8. The fourth-order valence-electron chi connectivity index (χ4n) is 5.84. The molecule has 1 unspecified atom stereocenters. The largest absolute Gasteiger partial charge is 0.358 e. The van der Waals surface area contributed by atoms with Crippen LogP contribution in [0.25, 0.3) is 11.0 Å². The van der Waals surface area contributed by atoms with Crippen LogP contribution < -0.4 is 4.90 Å². The highest BCUT2D eigenvalue weighted by atomic mass is 32.1. The van der Waals surface area contributed by atoms with Gasteiger partial charge < -0.3 is 9.88 Å². The van der Waals surface area contributed by atoms with Crippen molar-refractivity contribution in [3.05, 3.63) is 106 Å². The van der Waals surface area contributed by atoms with Gasteiger partial charge in [-0.1, -0.05) is 42.5 Å². The number of aromatic amines is 1. The second-order valence-electron chi connectivity index (χ2n) is 10.5. The molecule has 0 bridgehead atoms. The highest BCUT2D eigenvalue weighted by molar-refractivity contribution is 7.15. The van der Waals surface area contributed by atoms with E-state index in [1.807, 2.05) is 12.3 Å². The van der Waals surface area contributed by atoms with E-state index in [9.17, 15) is 0 Å². The molecule has 0 aliphatic heterocycles. The molecule has 39 heavy (non-hydrogen) atoms. The molecule has 1 atom stereocenters. The molecule has 6 rings (SSSR count). The Bertz CT molecular complexity index is 1520. The van der Waals surface area contributed by atoms with E-state index in [1.54, 1.807) is 11.3 Å². The standard InChI is InChI=1S/C32H36N6S/c1-4-37(32-22(2)34-23(3)39-32)19-24-14-16-25(17-15-24)20-38(21-30-35-27-11-5-6-12-28(27)36-30)29-13-7-9-26-10-8-18-33-31(26)29/h5-6,8,10-12,14-18,29H,4,7,9,13,19-21H2,1-3H3,(H,35,36). The summed E-state index contributed by atoms with van der Waals surface area (Å²) >= 11 is 1.78. The lowest BCUT2D eigenvalue weighted by atomic mass is 9.90. The summed E-state index contributed by atoms with van der Waals surface area (Å²) in [5.41, 5.74) is 8.47. The smallest absolute Gasteiger partial charge is 0.121 e. The van der Waals surface area contributed by atoms with E-state index in [4.69, 9.17) is 9.97 Å². The van der Waals surface area contributed by atoms with E-state index < -0.39 is 0 Å². The van der Waals surface area contributed by atoms with Crippen molar-refractivity contribution in [2.75, 3.05) is 11.4 Å². The third-order valence-corrected chi connectivity index (χ3v) is 8.86. The fraction of sp³-hybridized carbons (Fsp3) is 0.344. The van der Waals surface area contributed by atoms with Gasteiger partial charge in [-0.25, -0.2) is 9.97 Å². The summed E-state index contributed by atoms with van der Waals surface area (Å²) in [6.45, 7) is 9.87. The van der Waals surface area contributed by atoms with Crippen molar-refractivity contribution in [2.24, 2.45) is 0 Å². The minimum Gasteiger partial charge on any atom is -0.358 e. The molecule has 0 fully saturated rings. The van der Waals surface area contributed by atoms with Gasteiger partial charge in [-0.3, -0.25) is 9.88 Å². The maximum atomic E-state index is 4.91. The molecule has 6 nitrogen and oxygen atoms in total. The number of hydrogen-bond donors (Lipinski definition) is 1. The number of para-hydroxylation sites is 2. The van der Waals surface area contributed by atoms with Crippen molar-refractivity contribution in [1.29, 1.82) is 0 Å². The van der Waals surface area contributed by atoms with Crippen molar-refractivity contribution in [3.63, 3.8) is 0 Å². The second kappa shape index (κ2) is 11.3. The summed E-state index contributed by atoms with van der Waals surface area (Å²) in [4.78, 5) is 22.9. The van der Waals surface area contributed by atoms with Crippen molar-refractivity contribution in [2.45, 2.75) is 65.7 Å². The summed E-state index contributed by atoms with van der Waals surface area (Å²) in [7, 11) is 0. The topological polar surface area (TPSA) is 60.9 Å². The SMILES string of the molecule is CCN(Cc1ccc(CN(Cc2nc3ccccc3[nH]2)C2CCCc3cccnc32)cc1)c1sc(C)nc1C. The molecule has 7 heteroatoms. The molecule has 0 amide bonds. The molecule has 3 heterocycles. The van der Waals surface area contributed by atoms with Crippen LogP contribution in [0.1, 0.15) is 64.7 Å². The molecule has 0 spiro atoms. The number of hydrogen-bond acceptors (Lipinski definition) is 6. The Morgan fingerprint density at radius 3 is 2.46 bits per heavy atom.